The van der Waals surface area contributed by atoms with Crippen LogP contribution in [0.3, 0.4) is 0 Å². The molecule has 5 heteroatoms. The van der Waals surface area contributed by atoms with E-state index in [1.165, 1.54) is 5.56 Å². The molecule has 2 amide bonds. The molecule has 2 aromatic carbocycles. The Morgan fingerprint density at radius 2 is 2.00 bits per heavy atom. The Hall–Kier alpha value is -2.27. The van der Waals surface area contributed by atoms with Gasteiger partial charge in [0.15, 0.2) is 4.87 Å². The molecule has 0 radical (unpaired) electrons. The zero-order valence-corrected chi connectivity index (χ0v) is 16.2. The van der Waals surface area contributed by atoms with Gasteiger partial charge in [-0.05, 0) is 31.4 Å². The maximum atomic E-state index is 13.7. The Labute approximate surface area is 163 Å². The van der Waals surface area contributed by atoms with E-state index in [-0.39, 0.29) is 17.7 Å². The van der Waals surface area contributed by atoms with Gasteiger partial charge in [0.2, 0.25) is 5.91 Å². The number of carbonyl (C=O) groups excluding carboxylic acids is 2. The first-order valence-corrected chi connectivity index (χ1v) is 10.5. The molecule has 4 nitrogen and oxygen atoms in total. The molecule has 0 bridgehead atoms. The predicted molar refractivity (Wildman–Crippen MR) is 107 cm³/mol. The van der Waals surface area contributed by atoms with Crippen molar-refractivity contribution in [1.82, 2.24) is 4.90 Å². The molecule has 1 saturated carbocycles. The standard InChI is InChI=1S/C22H22N2O2S/c1-15-5-4-6-16(13-15)14-23-19-8-3-2-7-18(19)22(21(23)26)24(11-12-27-22)20(25)17-9-10-17/h2-8,13,17H,9-12,14H2,1H3/t22-/m0/s1. The first-order valence-electron chi connectivity index (χ1n) is 9.54. The lowest BCUT2D eigenvalue weighted by Gasteiger charge is -2.33. The van der Waals surface area contributed by atoms with Crippen LogP contribution in [0.4, 0.5) is 5.69 Å². The van der Waals surface area contributed by atoms with Crippen LogP contribution in [0.5, 0.6) is 0 Å². The highest BCUT2D eigenvalue weighted by molar-refractivity contribution is 8.01. The number of thioether (sulfide) groups is 1. The minimum absolute atomic E-state index is 0.0294. The molecule has 1 aliphatic carbocycles. The lowest BCUT2D eigenvalue weighted by Crippen LogP contribution is -2.50. The summed E-state index contributed by atoms with van der Waals surface area (Å²) < 4.78 is 0. The number of rotatable bonds is 3. The zero-order valence-electron chi connectivity index (χ0n) is 15.4. The lowest BCUT2D eigenvalue weighted by molar-refractivity contribution is -0.141. The molecular weight excluding hydrogens is 356 g/mol. The molecule has 27 heavy (non-hydrogen) atoms. The van der Waals surface area contributed by atoms with Crippen LogP contribution in [0, 0.1) is 12.8 Å². The second kappa shape index (κ2) is 6.13. The SMILES string of the molecule is Cc1cccc(CN2C(=O)[C@@]3(SCCN3C(=O)C3CC3)c3ccccc32)c1. The number of aryl methyl sites for hydroxylation is 1. The van der Waals surface area contributed by atoms with Crippen molar-refractivity contribution in [2.75, 3.05) is 17.2 Å². The third-order valence-electron chi connectivity index (χ3n) is 5.72. The summed E-state index contributed by atoms with van der Waals surface area (Å²) >= 11 is 1.62. The van der Waals surface area contributed by atoms with Crippen LogP contribution in [0.15, 0.2) is 48.5 Å². The fraction of sp³-hybridized carbons (Fsp3) is 0.364. The van der Waals surface area contributed by atoms with E-state index in [4.69, 9.17) is 0 Å². The van der Waals surface area contributed by atoms with Crippen LogP contribution in [0.2, 0.25) is 0 Å². The van der Waals surface area contributed by atoms with E-state index in [2.05, 4.69) is 25.1 Å². The van der Waals surface area contributed by atoms with E-state index in [0.29, 0.717) is 13.1 Å². The summed E-state index contributed by atoms with van der Waals surface area (Å²) in [5, 5.41) is 0. The highest BCUT2D eigenvalue weighted by Gasteiger charge is 2.60. The first kappa shape index (κ1) is 16.9. The zero-order chi connectivity index (χ0) is 18.6. The fourth-order valence-corrected chi connectivity index (χ4v) is 5.76. The Kier molecular flexibility index (Phi) is 3.83. The molecule has 0 unspecified atom stereocenters. The van der Waals surface area contributed by atoms with Crippen LogP contribution in [-0.2, 0) is 21.0 Å². The number of para-hydroxylation sites is 1. The molecular formula is C22H22N2O2S. The van der Waals surface area contributed by atoms with Crippen LogP contribution in [-0.4, -0.2) is 29.0 Å². The topological polar surface area (TPSA) is 40.6 Å². The third-order valence-corrected chi connectivity index (χ3v) is 7.14. The Morgan fingerprint density at radius 1 is 1.19 bits per heavy atom. The van der Waals surface area contributed by atoms with Crippen molar-refractivity contribution in [1.29, 1.82) is 0 Å². The number of benzene rings is 2. The van der Waals surface area contributed by atoms with Gasteiger partial charge in [-0.25, -0.2) is 0 Å². The number of anilines is 1. The van der Waals surface area contributed by atoms with Gasteiger partial charge in [0.05, 0.1) is 12.2 Å². The van der Waals surface area contributed by atoms with Gasteiger partial charge in [-0.1, -0.05) is 48.0 Å². The number of nitrogens with zero attached hydrogens (tertiary/aromatic N) is 2. The molecule has 2 fully saturated rings. The van der Waals surface area contributed by atoms with E-state index < -0.39 is 4.87 Å². The van der Waals surface area contributed by atoms with E-state index in [9.17, 15) is 9.59 Å². The van der Waals surface area contributed by atoms with Crippen molar-refractivity contribution in [3.63, 3.8) is 0 Å². The van der Waals surface area contributed by atoms with Gasteiger partial charge in [0.1, 0.15) is 0 Å². The van der Waals surface area contributed by atoms with Crippen molar-refractivity contribution in [2.24, 2.45) is 5.92 Å². The number of carbonyl (C=O) groups is 2. The molecule has 3 aliphatic rings. The van der Waals surface area contributed by atoms with Crippen LogP contribution in [0.25, 0.3) is 0 Å². The molecule has 0 N–H and O–H groups in total. The maximum Gasteiger partial charge on any atom is 0.268 e. The van der Waals surface area contributed by atoms with Gasteiger partial charge in [0, 0.05) is 23.8 Å². The predicted octanol–water partition coefficient (Wildman–Crippen LogP) is 3.68. The molecule has 2 aromatic rings. The third kappa shape index (κ3) is 2.52. The van der Waals surface area contributed by atoms with Crippen molar-refractivity contribution >= 4 is 29.3 Å². The highest BCUT2D eigenvalue weighted by atomic mass is 32.2. The summed E-state index contributed by atoms with van der Waals surface area (Å²) in [6, 6.07) is 16.3. The van der Waals surface area contributed by atoms with Gasteiger partial charge in [-0.2, -0.15) is 0 Å². The summed E-state index contributed by atoms with van der Waals surface area (Å²) in [6.45, 7) is 3.25. The highest BCUT2D eigenvalue weighted by Crippen LogP contribution is 2.55. The first-order chi connectivity index (χ1) is 13.1. The molecule has 5 rings (SSSR count). The van der Waals surface area contributed by atoms with Crippen LogP contribution in [0.1, 0.15) is 29.5 Å². The molecule has 1 saturated heterocycles. The smallest absolute Gasteiger partial charge is 0.268 e. The summed E-state index contributed by atoms with van der Waals surface area (Å²) in [6.07, 6.45) is 1.91. The Balaban J connectivity index is 1.58. The van der Waals surface area contributed by atoms with Gasteiger partial charge in [0.25, 0.3) is 5.91 Å². The lowest BCUT2D eigenvalue weighted by atomic mass is 10.1. The van der Waals surface area contributed by atoms with Crippen molar-refractivity contribution in [3.05, 3.63) is 65.2 Å². The second-order valence-electron chi connectivity index (χ2n) is 7.65. The molecule has 1 atom stereocenters. The van der Waals surface area contributed by atoms with Crippen molar-refractivity contribution in [3.8, 4) is 0 Å². The molecule has 1 spiro atoms. The number of amides is 2. The quantitative estimate of drug-likeness (QED) is 0.818. The number of hydrogen-bond donors (Lipinski definition) is 0. The van der Waals surface area contributed by atoms with E-state index in [1.807, 2.05) is 40.1 Å². The largest absolute Gasteiger partial charge is 0.315 e. The van der Waals surface area contributed by atoms with Gasteiger partial charge in [-0.15, -0.1) is 11.8 Å². The van der Waals surface area contributed by atoms with E-state index in [0.717, 1.165) is 35.4 Å². The number of hydrogen-bond acceptors (Lipinski definition) is 3. The van der Waals surface area contributed by atoms with Gasteiger partial charge in [-0.3, -0.25) is 9.59 Å². The van der Waals surface area contributed by atoms with Gasteiger partial charge >= 0.3 is 0 Å². The van der Waals surface area contributed by atoms with Crippen LogP contribution < -0.4 is 4.90 Å². The average molecular weight is 378 g/mol. The minimum Gasteiger partial charge on any atom is -0.315 e. The Bertz CT molecular complexity index is 939. The normalized spacial score (nSPS) is 24.0. The van der Waals surface area contributed by atoms with Crippen molar-refractivity contribution < 1.29 is 9.59 Å². The molecule has 0 aromatic heterocycles. The Morgan fingerprint density at radius 3 is 2.78 bits per heavy atom. The van der Waals surface area contributed by atoms with E-state index >= 15 is 0 Å². The molecule has 138 valence electrons. The number of fused-ring (bicyclic) bond motifs is 2. The second-order valence-corrected chi connectivity index (χ2v) is 8.94. The van der Waals surface area contributed by atoms with Crippen LogP contribution >= 0.6 is 11.8 Å². The van der Waals surface area contributed by atoms with Gasteiger partial charge < -0.3 is 9.80 Å². The van der Waals surface area contributed by atoms with E-state index in [1.54, 1.807) is 11.8 Å². The molecule has 2 aliphatic heterocycles. The molecule has 2 heterocycles. The summed E-state index contributed by atoms with van der Waals surface area (Å²) in [4.78, 5) is 29.6. The monoisotopic (exact) mass is 378 g/mol. The minimum atomic E-state index is -0.875. The maximum absolute atomic E-state index is 13.7. The fourth-order valence-electron chi connectivity index (χ4n) is 4.29. The van der Waals surface area contributed by atoms with Crippen molar-refractivity contribution in [2.45, 2.75) is 31.2 Å². The average Bonchev–Trinajstić information content (AvgIpc) is 3.39. The summed E-state index contributed by atoms with van der Waals surface area (Å²) in [5.41, 5.74) is 4.20. The summed E-state index contributed by atoms with van der Waals surface area (Å²) in [7, 11) is 0. The summed E-state index contributed by atoms with van der Waals surface area (Å²) in [5.74, 6) is 1.10.